The van der Waals surface area contributed by atoms with Gasteiger partial charge in [0.2, 0.25) is 0 Å². The summed E-state index contributed by atoms with van der Waals surface area (Å²) in [5.74, 6) is 1.71. The Morgan fingerprint density at radius 2 is 1.87 bits per heavy atom. The van der Waals surface area contributed by atoms with E-state index in [9.17, 15) is 14.7 Å². The summed E-state index contributed by atoms with van der Waals surface area (Å²) in [7, 11) is 0. The highest BCUT2D eigenvalue weighted by molar-refractivity contribution is 5.85. The summed E-state index contributed by atoms with van der Waals surface area (Å²) in [6.45, 7) is 9.00. The van der Waals surface area contributed by atoms with Gasteiger partial charge in [-0.05, 0) is 91.9 Å². The van der Waals surface area contributed by atoms with Crippen molar-refractivity contribution in [1.29, 1.82) is 0 Å². The van der Waals surface area contributed by atoms with Crippen molar-refractivity contribution in [3.63, 3.8) is 0 Å². The molecule has 0 spiro atoms. The average molecular weight is 431 g/mol. The molecular formula is C26H38O5. The normalized spacial score (nSPS) is 51.3. The quantitative estimate of drug-likeness (QED) is 0.657. The molecule has 1 unspecified atom stereocenters. The maximum atomic E-state index is 12.3. The lowest BCUT2D eigenvalue weighted by Crippen LogP contribution is -2.63. The fourth-order valence-electron chi connectivity index (χ4n) is 9.17. The van der Waals surface area contributed by atoms with Crippen LogP contribution in [0.4, 0.5) is 0 Å². The number of carbonyl (C=O) groups excluding carboxylic acids is 2. The zero-order valence-corrected chi connectivity index (χ0v) is 19.5. The number of esters is 2. The third-order valence-corrected chi connectivity index (χ3v) is 10.6. The summed E-state index contributed by atoms with van der Waals surface area (Å²) in [6.07, 6.45) is 9.67. The van der Waals surface area contributed by atoms with E-state index in [0.29, 0.717) is 30.3 Å². The lowest BCUT2D eigenvalue weighted by Gasteiger charge is -2.65. The van der Waals surface area contributed by atoms with Gasteiger partial charge in [0.15, 0.2) is 0 Å². The number of cyclic esters (lactones) is 1. The number of hydrogen-bond acceptors (Lipinski definition) is 5. The van der Waals surface area contributed by atoms with Crippen molar-refractivity contribution in [3.8, 4) is 0 Å². The monoisotopic (exact) mass is 430 g/mol. The number of hydrogen-bond donors (Lipinski definition) is 1. The Labute approximate surface area is 185 Å². The molecule has 31 heavy (non-hydrogen) atoms. The Bertz CT molecular complexity index is 819. The summed E-state index contributed by atoms with van der Waals surface area (Å²) in [5, 5.41) is 12.3. The maximum Gasteiger partial charge on any atom is 0.331 e. The Morgan fingerprint density at radius 1 is 1.10 bits per heavy atom. The fourth-order valence-corrected chi connectivity index (χ4v) is 9.17. The van der Waals surface area contributed by atoms with Gasteiger partial charge in [0, 0.05) is 18.4 Å². The third kappa shape index (κ3) is 2.98. The van der Waals surface area contributed by atoms with Crippen LogP contribution in [0.1, 0.15) is 79.1 Å². The molecule has 9 atom stereocenters. The molecular weight excluding hydrogens is 392 g/mol. The topological polar surface area (TPSA) is 72.8 Å². The first-order valence-corrected chi connectivity index (χ1v) is 12.4. The van der Waals surface area contributed by atoms with Crippen LogP contribution in [-0.2, 0) is 19.1 Å². The fraction of sp³-hybridized carbons (Fsp3) is 0.846. The molecule has 172 valence electrons. The Morgan fingerprint density at radius 3 is 2.55 bits per heavy atom. The van der Waals surface area contributed by atoms with E-state index in [1.807, 2.05) is 0 Å². The van der Waals surface area contributed by atoms with Crippen LogP contribution in [-0.4, -0.2) is 35.4 Å². The molecule has 1 aliphatic heterocycles. The van der Waals surface area contributed by atoms with Crippen LogP contribution >= 0.6 is 0 Å². The molecule has 4 fully saturated rings. The van der Waals surface area contributed by atoms with Gasteiger partial charge >= 0.3 is 11.9 Å². The number of rotatable bonds is 2. The van der Waals surface area contributed by atoms with Gasteiger partial charge in [-0.2, -0.15) is 0 Å². The molecule has 5 aliphatic rings. The molecule has 5 heteroatoms. The standard InChI is InChI=1S/C26H38O5/c1-15-11-22-20(24(3)8-5-18(13-21(15)24)31-16(2)27)6-9-25(4)19(7-10-26(22,25)29)17-12-23(28)30-14-17/h12,15,18-22,29H,5-11,13-14H2,1-4H3/t15-,18-,19+,20-,21-,22+,24+,25+,26?/m0/s1. The van der Waals surface area contributed by atoms with E-state index in [-0.39, 0.29) is 34.8 Å². The smallest absolute Gasteiger partial charge is 0.331 e. The first kappa shape index (κ1) is 21.5. The first-order valence-electron chi connectivity index (χ1n) is 12.4. The van der Waals surface area contributed by atoms with E-state index in [0.717, 1.165) is 56.9 Å². The number of aliphatic hydroxyl groups is 1. The van der Waals surface area contributed by atoms with Crippen molar-refractivity contribution in [1.82, 2.24) is 0 Å². The summed E-state index contributed by atoms with van der Waals surface area (Å²) >= 11 is 0. The van der Waals surface area contributed by atoms with E-state index >= 15 is 0 Å². The van der Waals surface area contributed by atoms with E-state index in [1.54, 1.807) is 6.08 Å². The Kier molecular flexibility index (Phi) is 4.90. The lowest BCUT2D eigenvalue weighted by atomic mass is 9.41. The van der Waals surface area contributed by atoms with E-state index in [4.69, 9.17) is 9.47 Å². The molecule has 0 aromatic rings. The van der Waals surface area contributed by atoms with Gasteiger partial charge in [-0.1, -0.05) is 20.8 Å². The number of carbonyl (C=O) groups is 2. The predicted molar refractivity (Wildman–Crippen MR) is 116 cm³/mol. The highest BCUT2D eigenvalue weighted by Crippen LogP contribution is 2.70. The van der Waals surface area contributed by atoms with Gasteiger partial charge in [0.1, 0.15) is 12.7 Å². The van der Waals surface area contributed by atoms with Crippen LogP contribution in [0.5, 0.6) is 0 Å². The second-order valence-corrected chi connectivity index (χ2v) is 11.8. The van der Waals surface area contributed by atoms with Crippen LogP contribution in [0, 0.1) is 40.4 Å². The van der Waals surface area contributed by atoms with Crippen LogP contribution in [0.3, 0.4) is 0 Å². The molecule has 1 N–H and O–H groups in total. The van der Waals surface area contributed by atoms with Crippen molar-refractivity contribution in [2.24, 2.45) is 40.4 Å². The highest BCUT2D eigenvalue weighted by Gasteiger charge is 2.68. The summed E-state index contributed by atoms with van der Waals surface area (Å²) < 4.78 is 10.9. The van der Waals surface area contributed by atoms with Gasteiger partial charge in [0.25, 0.3) is 0 Å². The van der Waals surface area contributed by atoms with Crippen molar-refractivity contribution in [2.45, 2.75) is 90.8 Å². The molecule has 5 rings (SSSR count). The maximum absolute atomic E-state index is 12.3. The second-order valence-electron chi connectivity index (χ2n) is 11.8. The zero-order chi connectivity index (χ0) is 22.2. The van der Waals surface area contributed by atoms with Crippen molar-refractivity contribution < 1.29 is 24.2 Å². The number of ether oxygens (including phenoxy) is 2. The molecule has 5 nitrogen and oxygen atoms in total. The van der Waals surface area contributed by atoms with Crippen molar-refractivity contribution in [3.05, 3.63) is 11.6 Å². The van der Waals surface area contributed by atoms with Crippen molar-refractivity contribution in [2.75, 3.05) is 6.61 Å². The van der Waals surface area contributed by atoms with Crippen LogP contribution < -0.4 is 0 Å². The van der Waals surface area contributed by atoms with E-state index < -0.39 is 5.60 Å². The molecule has 4 saturated carbocycles. The predicted octanol–water partition coefficient (Wildman–Crippen LogP) is 4.42. The largest absolute Gasteiger partial charge is 0.463 e. The molecule has 0 aromatic carbocycles. The van der Waals surface area contributed by atoms with Gasteiger partial charge in [-0.25, -0.2) is 4.79 Å². The highest BCUT2D eigenvalue weighted by atomic mass is 16.5. The van der Waals surface area contributed by atoms with Crippen LogP contribution in [0.2, 0.25) is 0 Å². The van der Waals surface area contributed by atoms with Gasteiger partial charge < -0.3 is 14.6 Å². The Hall–Kier alpha value is -1.36. The third-order valence-electron chi connectivity index (χ3n) is 10.6. The average Bonchev–Trinajstić information content (AvgIpc) is 3.23. The molecule has 4 aliphatic carbocycles. The minimum atomic E-state index is -0.679. The molecule has 0 bridgehead atoms. The second kappa shape index (κ2) is 7.07. The van der Waals surface area contributed by atoms with Crippen LogP contribution in [0.15, 0.2) is 11.6 Å². The summed E-state index contributed by atoms with van der Waals surface area (Å²) in [5.41, 5.74) is 0.421. The SMILES string of the molecule is CC(=O)O[C@H]1CC[C@]2(C)[C@H]3CC[C@]4(C)[C@@H](C5=CC(=O)OC5)CCC4(O)[C@@H]3C[C@H](C)[C@@H]2C1. The van der Waals surface area contributed by atoms with Crippen molar-refractivity contribution >= 4 is 11.9 Å². The minimum absolute atomic E-state index is 0.0502. The van der Waals surface area contributed by atoms with Crippen LogP contribution in [0.25, 0.3) is 0 Å². The molecule has 0 amide bonds. The molecule has 0 radical (unpaired) electrons. The Balaban J connectivity index is 1.43. The van der Waals surface area contributed by atoms with Gasteiger partial charge in [0.05, 0.1) is 5.60 Å². The zero-order valence-electron chi connectivity index (χ0n) is 19.5. The first-order chi connectivity index (χ1) is 14.6. The van der Waals surface area contributed by atoms with E-state index in [1.165, 1.54) is 6.92 Å². The molecule has 0 saturated heterocycles. The molecule has 0 aromatic heterocycles. The van der Waals surface area contributed by atoms with Gasteiger partial charge in [-0.3, -0.25) is 4.79 Å². The summed E-state index contributed by atoms with van der Waals surface area (Å²) in [6, 6.07) is 0. The lowest BCUT2D eigenvalue weighted by molar-refractivity contribution is -0.220. The van der Waals surface area contributed by atoms with E-state index in [2.05, 4.69) is 20.8 Å². The number of fused-ring (bicyclic) bond motifs is 5. The summed E-state index contributed by atoms with van der Waals surface area (Å²) in [4.78, 5) is 23.3. The minimum Gasteiger partial charge on any atom is -0.463 e. The molecule has 1 heterocycles. The van der Waals surface area contributed by atoms with Gasteiger partial charge in [-0.15, -0.1) is 0 Å².